The minimum Gasteiger partial charge on any atom is -0.465 e. The molecule has 2 rings (SSSR count). The maximum absolute atomic E-state index is 13.7. The van der Waals surface area contributed by atoms with E-state index in [1.807, 2.05) is 6.07 Å². The van der Waals surface area contributed by atoms with E-state index in [1.54, 1.807) is 17.4 Å². The molecule has 0 unspecified atom stereocenters. The van der Waals surface area contributed by atoms with Gasteiger partial charge >= 0.3 is 5.97 Å². The molecule has 2 aromatic rings. The highest BCUT2D eigenvalue weighted by Gasteiger charge is 2.11. The van der Waals surface area contributed by atoms with Gasteiger partial charge in [-0.3, -0.25) is 0 Å². The third kappa shape index (κ3) is 4.62. The molecular formula is C15H15BrFNO2S. The van der Waals surface area contributed by atoms with E-state index in [0.29, 0.717) is 6.54 Å². The van der Waals surface area contributed by atoms with Crippen molar-refractivity contribution in [1.82, 2.24) is 5.32 Å². The van der Waals surface area contributed by atoms with Gasteiger partial charge < -0.3 is 10.1 Å². The molecule has 0 aliphatic heterocycles. The van der Waals surface area contributed by atoms with E-state index in [0.717, 1.165) is 22.3 Å². The van der Waals surface area contributed by atoms with E-state index in [9.17, 15) is 9.18 Å². The van der Waals surface area contributed by atoms with Gasteiger partial charge in [-0.15, -0.1) is 11.3 Å². The third-order valence-corrected chi connectivity index (χ3v) is 4.63. The van der Waals surface area contributed by atoms with Gasteiger partial charge in [-0.05, 0) is 52.2 Å². The lowest BCUT2D eigenvalue weighted by atomic mass is 10.1. The summed E-state index contributed by atoms with van der Waals surface area (Å²) in [5, 5.41) is 3.26. The first-order chi connectivity index (χ1) is 10.1. The molecule has 21 heavy (non-hydrogen) atoms. The predicted molar refractivity (Wildman–Crippen MR) is 85.2 cm³/mol. The Bertz CT molecular complexity index is 630. The average Bonchev–Trinajstić information content (AvgIpc) is 2.88. The quantitative estimate of drug-likeness (QED) is 0.620. The van der Waals surface area contributed by atoms with Crippen molar-refractivity contribution >= 4 is 33.2 Å². The van der Waals surface area contributed by atoms with E-state index in [-0.39, 0.29) is 5.56 Å². The Kier molecular flexibility index (Phi) is 5.90. The summed E-state index contributed by atoms with van der Waals surface area (Å²) in [5.41, 5.74) is 0.761. The summed E-state index contributed by atoms with van der Waals surface area (Å²) in [6.45, 7) is 1.37. The van der Waals surface area contributed by atoms with Gasteiger partial charge in [-0.25, -0.2) is 9.18 Å². The molecule has 0 bridgehead atoms. The summed E-state index contributed by atoms with van der Waals surface area (Å²) < 4.78 is 19.4. The minimum absolute atomic E-state index is 0.0373. The van der Waals surface area contributed by atoms with Crippen molar-refractivity contribution in [3.05, 3.63) is 55.9 Å². The van der Waals surface area contributed by atoms with Crippen molar-refractivity contribution < 1.29 is 13.9 Å². The van der Waals surface area contributed by atoms with Crippen molar-refractivity contribution in [2.75, 3.05) is 13.7 Å². The molecule has 0 fully saturated rings. The van der Waals surface area contributed by atoms with Gasteiger partial charge in [0.15, 0.2) is 0 Å². The second kappa shape index (κ2) is 7.68. The topological polar surface area (TPSA) is 38.3 Å². The first kappa shape index (κ1) is 16.1. The molecule has 112 valence electrons. The fraction of sp³-hybridized carbons (Fsp3) is 0.267. The lowest BCUT2D eigenvalue weighted by Crippen LogP contribution is -2.16. The van der Waals surface area contributed by atoms with Crippen molar-refractivity contribution in [3.8, 4) is 0 Å². The van der Waals surface area contributed by atoms with Gasteiger partial charge in [0.1, 0.15) is 5.82 Å². The molecular weight excluding hydrogens is 357 g/mol. The number of rotatable bonds is 6. The van der Waals surface area contributed by atoms with Crippen molar-refractivity contribution in [2.45, 2.75) is 13.0 Å². The number of nitrogens with one attached hydrogen (secondary N) is 1. The molecule has 0 spiro atoms. The fourth-order valence-corrected chi connectivity index (χ4v) is 3.36. The van der Waals surface area contributed by atoms with Gasteiger partial charge in [-0.2, -0.15) is 0 Å². The zero-order valence-electron chi connectivity index (χ0n) is 11.5. The Balaban J connectivity index is 1.83. The van der Waals surface area contributed by atoms with Gasteiger partial charge in [0.2, 0.25) is 0 Å². The van der Waals surface area contributed by atoms with Crippen LogP contribution in [-0.2, 0) is 17.7 Å². The largest absolute Gasteiger partial charge is 0.465 e. The number of esters is 1. The average molecular weight is 372 g/mol. The standard InChI is InChI=1S/C15H15BrFNO2S/c1-20-15(19)12-4-2-10(8-13(12)17)9-18-7-6-11-3-5-14(16)21-11/h2-5,8,18H,6-7,9H2,1H3. The van der Waals surface area contributed by atoms with Crippen LogP contribution in [-0.4, -0.2) is 19.6 Å². The Morgan fingerprint density at radius 1 is 1.38 bits per heavy atom. The molecule has 1 heterocycles. The van der Waals surface area contributed by atoms with Crippen LogP contribution in [0.25, 0.3) is 0 Å². The summed E-state index contributed by atoms with van der Waals surface area (Å²) in [5.74, 6) is -1.21. The van der Waals surface area contributed by atoms with Crippen LogP contribution in [0.5, 0.6) is 0 Å². The molecule has 1 aromatic heterocycles. The molecule has 0 saturated carbocycles. The number of benzene rings is 1. The summed E-state index contributed by atoms with van der Waals surface area (Å²) >= 11 is 5.14. The molecule has 1 aromatic carbocycles. The second-order valence-corrected chi connectivity index (χ2v) is 6.99. The molecule has 1 N–H and O–H groups in total. The molecule has 0 aliphatic rings. The minimum atomic E-state index is -0.657. The SMILES string of the molecule is COC(=O)c1ccc(CNCCc2ccc(Br)s2)cc1F. The lowest BCUT2D eigenvalue weighted by molar-refractivity contribution is 0.0595. The number of hydrogen-bond donors (Lipinski definition) is 1. The van der Waals surface area contributed by atoms with Crippen LogP contribution in [0.1, 0.15) is 20.8 Å². The number of halogens is 2. The number of carbonyl (C=O) groups is 1. The van der Waals surface area contributed by atoms with Crippen LogP contribution in [0, 0.1) is 5.82 Å². The molecule has 0 radical (unpaired) electrons. The highest BCUT2D eigenvalue weighted by atomic mass is 79.9. The summed E-state index contributed by atoms with van der Waals surface area (Å²) in [4.78, 5) is 12.6. The van der Waals surface area contributed by atoms with Crippen molar-refractivity contribution in [2.24, 2.45) is 0 Å². The summed E-state index contributed by atoms with van der Waals surface area (Å²) in [6, 6.07) is 8.65. The molecule has 6 heteroatoms. The highest BCUT2D eigenvalue weighted by Crippen LogP contribution is 2.22. The number of carbonyl (C=O) groups excluding carboxylic acids is 1. The van der Waals surface area contributed by atoms with Crippen LogP contribution in [0.3, 0.4) is 0 Å². The van der Waals surface area contributed by atoms with Gasteiger partial charge in [0.25, 0.3) is 0 Å². The number of thiophene rings is 1. The van der Waals surface area contributed by atoms with E-state index in [4.69, 9.17) is 0 Å². The zero-order chi connectivity index (χ0) is 15.2. The Morgan fingerprint density at radius 3 is 2.81 bits per heavy atom. The van der Waals surface area contributed by atoms with Crippen LogP contribution in [0.4, 0.5) is 4.39 Å². The molecule has 0 saturated heterocycles. The fourth-order valence-electron chi connectivity index (χ4n) is 1.87. The number of ether oxygens (including phenoxy) is 1. The molecule has 0 amide bonds. The van der Waals surface area contributed by atoms with E-state index in [2.05, 4.69) is 32.0 Å². The first-order valence-electron chi connectivity index (χ1n) is 6.42. The monoisotopic (exact) mass is 371 g/mol. The number of hydrogen-bond acceptors (Lipinski definition) is 4. The highest BCUT2D eigenvalue weighted by molar-refractivity contribution is 9.11. The Labute approximate surface area is 135 Å². The summed E-state index contributed by atoms with van der Waals surface area (Å²) in [6.07, 6.45) is 0.930. The van der Waals surface area contributed by atoms with E-state index >= 15 is 0 Å². The van der Waals surface area contributed by atoms with Crippen LogP contribution in [0.2, 0.25) is 0 Å². The van der Waals surface area contributed by atoms with Crippen molar-refractivity contribution in [3.63, 3.8) is 0 Å². The maximum atomic E-state index is 13.7. The Morgan fingerprint density at radius 2 is 2.19 bits per heavy atom. The predicted octanol–water partition coefficient (Wildman–Crippen LogP) is 3.77. The van der Waals surface area contributed by atoms with Crippen molar-refractivity contribution in [1.29, 1.82) is 0 Å². The molecule has 0 atom stereocenters. The Hall–Kier alpha value is -1.24. The molecule has 0 aliphatic carbocycles. The third-order valence-electron chi connectivity index (χ3n) is 2.94. The second-order valence-electron chi connectivity index (χ2n) is 4.44. The molecule has 3 nitrogen and oxygen atoms in total. The maximum Gasteiger partial charge on any atom is 0.340 e. The van der Waals surface area contributed by atoms with Gasteiger partial charge in [0, 0.05) is 18.0 Å². The van der Waals surface area contributed by atoms with Gasteiger partial charge in [-0.1, -0.05) is 6.07 Å². The summed E-state index contributed by atoms with van der Waals surface area (Å²) in [7, 11) is 1.24. The first-order valence-corrected chi connectivity index (χ1v) is 8.03. The van der Waals surface area contributed by atoms with Crippen LogP contribution in [0.15, 0.2) is 34.1 Å². The van der Waals surface area contributed by atoms with E-state index in [1.165, 1.54) is 24.1 Å². The van der Waals surface area contributed by atoms with E-state index < -0.39 is 11.8 Å². The smallest absolute Gasteiger partial charge is 0.340 e. The van der Waals surface area contributed by atoms with Crippen LogP contribution < -0.4 is 5.32 Å². The zero-order valence-corrected chi connectivity index (χ0v) is 13.9. The number of methoxy groups -OCH3 is 1. The lowest BCUT2D eigenvalue weighted by Gasteiger charge is -2.06. The van der Waals surface area contributed by atoms with Gasteiger partial charge in [0.05, 0.1) is 16.5 Å². The normalized spacial score (nSPS) is 10.6. The van der Waals surface area contributed by atoms with Crippen LogP contribution >= 0.6 is 27.3 Å².